The van der Waals surface area contributed by atoms with Crippen molar-refractivity contribution < 1.29 is 13.2 Å². The Bertz CT molecular complexity index is 965. The van der Waals surface area contributed by atoms with Gasteiger partial charge in [-0.2, -0.15) is 0 Å². The van der Waals surface area contributed by atoms with Crippen LogP contribution in [0, 0.1) is 35.2 Å². The molecule has 0 radical (unpaired) electrons. The lowest BCUT2D eigenvalue weighted by Gasteiger charge is -2.38. The van der Waals surface area contributed by atoms with E-state index in [0.717, 1.165) is 55.9 Å². The van der Waals surface area contributed by atoms with Crippen molar-refractivity contribution in [1.29, 1.82) is 0 Å². The molecule has 2 aromatic carbocycles. The van der Waals surface area contributed by atoms with Gasteiger partial charge in [0.05, 0.1) is 0 Å². The third-order valence-corrected chi connectivity index (χ3v) is 10.3. The molecule has 3 heteroatoms. The molecule has 0 nitrogen and oxygen atoms in total. The van der Waals surface area contributed by atoms with Crippen LogP contribution in [0.1, 0.15) is 138 Å². The normalized spacial score (nSPS) is 30.8. The fourth-order valence-corrected chi connectivity index (χ4v) is 8.05. The number of hydrogen-bond donors (Lipinski definition) is 0. The molecule has 0 heterocycles. The Morgan fingerprint density at radius 3 is 1.62 bits per heavy atom. The molecule has 0 atom stereocenters. The number of unbranched alkanes of at least 4 members (excludes halogenated alkanes) is 1. The van der Waals surface area contributed by atoms with Crippen molar-refractivity contribution in [3.8, 4) is 0 Å². The van der Waals surface area contributed by atoms with Crippen LogP contribution in [0.25, 0.3) is 0 Å². The van der Waals surface area contributed by atoms with E-state index in [0.29, 0.717) is 23.3 Å². The lowest BCUT2D eigenvalue weighted by atomic mass is 9.67. The molecular weight excluding hydrogens is 465 g/mol. The summed E-state index contributed by atoms with van der Waals surface area (Å²) in [5, 5.41) is 0. The van der Waals surface area contributed by atoms with Crippen LogP contribution in [-0.2, 0) is 0 Å². The van der Waals surface area contributed by atoms with E-state index in [1.54, 1.807) is 24.3 Å². The standard InChI is InChI=1S/C34H45F3/c1-2-3-4-23-5-7-28(8-6-23)30-21-32(36)34(33(37)22-30)29-15-13-26(14-16-29)24-9-11-25(12-10-24)27-17-19-31(35)20-18-27/h17-26,28-29H,2-16H2,1H3. The molecule has 0 aromatic heterocycles. The molecule has 0 N–H and O–H groups in total. The van der Waals surface area contributed by atoms with Crippen molar-refractivity contribution in [2.24, 2.45) is 17.8 Å². The number of hydrogen-bond acceptors (Lipinski definition) is 0. The summed E-state index contributed by atoms with van der Waals surface area (Å²) in [6.45, 7) is 2.24. The highest BCUT2D eigenvalue weighted by Crippen LogP contribution is 2.47. The summed E-state index contributed by atoms with van der Waals surface area (Å²) in [4.78, 5) is 0. The van der Waals surface area contributed by atoms with Crippen LogP contribution in [0.3, 0.4) is 0 Å². The molecule has 2 aromatic rings. The SMILES string of the molecule is CCCCC1CCC(c2cc(F)c(C3CCC(C4CCC(c5ccc(F)cc5)CC4)CC3)c(F)c2)CC1. The molecule has 0 unspecified atom stereocenters. The third kappa shape index (κ3) is 6.45. The van der Waals surface area contributed by atoms with E-state index in [1.165, 1.54) is 63.4 Å². The van der Waals surface area contributed by atoms with Crippen LogP contribution in [0.4, 0.5) is 13.2 Å². The number of halogens is 3. The second-order valence-corrected chi connectivity index (χ2v) is 12.5. The zero-order valence-electron chi connectivity index (χ0n) is 22.7. The van der Waals surface area contributed by atoms with Gasteiger partial charge in [-0.05, 0) is 148 Å². The summed E-state index contributed by atoms with van der Waals surface area (Å²) in [6, 6.07) is 10.4. The lowest BCUT2D eigenvalue weighted by Crippen LogP contribution is -2.25. The largest absolute Gasteiger partial charge is 0.207 e. The monoisotopic (exact) mass is 510 g/mol. The second kappa shape index (κ2) is 12.4. The maximum absolute atomic E-state index is 15.3. The van der Waals surface area contributed by atoms with E-state index in [-0.39, 0.29) is 23.4 Å². The van der Waals surface area contributed by atoms with E-state index < -0.39 is 0 Å². The molecule has 0 amide bonds. The first kappa shape index (κ1) is 26.8. The molecule has 0 bridgehead atoms. The molecule has 37 heavy (non-hydrogen) atoms. The highest BCUT2D eigenvalue weighted by molar-refractivity contribution is 5.32. The highest BCUT2D eigenvalue weighted by Gasteiger charge is 2.34. The molecule has 0 saturated heterocycles. The third-order valence-electron chi connectivity index (χ3n) is 10.3. The van der Waals surface area contributed by atoms with Gasteiger partial charge in [-0.15, -0.1) is 0 Å². The van der Waals surface area contributed by atoms with Gasteiger partial charge >= 0.3 is 0 Å². The molecular formula is C34H45F3. The molecule has 3 fully saturated rings. The molecule has 0 aliphatic heterocycles. The van der Waals surface area contributed by atoms with Gasteiger partial charge in [-0.3, -0.25) is 0 Å². The van der Waals surface area contributed by atoms with Gasteiger partial charge in [-0.1, -0.05) is 38.3 Å². The maximum Gasteiger partial charge on any atom is 0.129 e. The van der Waals surface area contributed by atoms with E-state index in [4.69, 9.17) is 0 Å². The first-order valence-electron chi connectivity index (χ1n) is 15.3. The minimum atomic E-state index is -0.300. The predicted molar refractivity (Wildman–Crippen MR) is 146 cm³/mol. The molecule has 0 spiro atoms. The summed E-state index contributed by atoms with van der Waals surface area (Å²) < 4.78 is 43.9. The van der Waals surface area contributed by atoms with E-state index >= 15 is 8.78 Å². The van der Waals surface area contributed by atoms with Gasteiger partial charge in [0, 0.05) is 5.56 Å². The summed E-state index contributed by atoms with van der Waals surface area (Å²) in [5.41, 5.74) is 2.51. The van der Waals surface area contributed by atoms with Crippen LogP contribution >= 0.6 is 0 Å². The average molecular weight is 511 g/mol. The Labute approximate surface area is 222 Å². The van der Waals surface area contributed by atoms with Gasteiger partial charge in [0.1, 0.15) is 17.5 Å². The fraction of sp³-hybridized carbons (Fsp3) is 0.647. The Morgan fingerprint density at radius 2 is 1.08 bits per heavy atom. The summed E-state index contributed by atoms with van der Waals surface area (Å²) in [6.07, 6.45) is 17.1. The topological polar surface area (TPSA) is 0 Å². The molecule has 5 rings (SSSR count). The minimum absolute atomic E-state index is 0.0191. The molecule has 3 saturated carbocycles. The molecule has 202 valence electrons. The summed E-state index contributed by atoms with van der Waals surface area (Å²) in [7, 11) is 0. The molecule has 3 aliphatic rings. The van der Waals surface area contributed by atoms with Crippen molar-refractivity contribution in [2.45, 2.75) is 121 Å². The van der Waals surface area contributed by atoms with Crippen molar-refractivity contribution in [3.63, 3.8) is 0 Å². The van der Waals surface area contributed by atoms with Gasteiger partial charge in [0.25, 0.3) is 0 Å². The second-order valence-electron chi connectivity index (χ2n) is 12.5. The van der Waals surface area contributed by atoms with Crippen LogP contribution in [0.15, 0.2) is 36.4 Å². The van der Waals surface area contributed by atoms with Gasteiger partial charge in [0.2, 0.25) is 0 Å². The first-order valence-corrected chi connectivity index (χ1v) is 15.3. The molecule has 3 aliphatic carbocycles. The average Bonchev–Trinajstić information content (AvgIpc) is 2.93. The summed E-state index contributed by atoms with van der Waals surface area (Å²) >= 11 is 0. The van der Waals surface area contributed by atoms with Crippen LogP contribution in [0.5, 0.6) is 0 Å². The zero-order chi connectivity index (χ0) is 25.8. The quantitative estimate of drug-likeness (QED) is 0.347. The number of benzene rings is 2. The van der Waals surface area contributed by atoms with Crippen LogP contribution in [0.2, 0.25) is 0 Å². The van der Waals surface area contributed by atoms with Gasteiger partial charge < -0.3 is 0 Å². The van der Waals surface area contributed by atoms with Crippen molar-refractivity contribution >= 4 is 0 Å². The van der Waals surface area contributed by atoms with Crippen LogP contribution < -0.4 is 0 Å². The van der Waals surface area contributed by atoms with Crippen molar-refractivity contribution in [1.82, 2.24) is 0 Å². The first-order chi connectivity index (χ1) is 18.0. The van der Waals surface area contributed by atoms with Crippen molar-refractivity contribution in [3.05, 3.63) is 70.5 Å². The smallest absolute Gasteiger partial charge is 0.129 e. The van der Waals surface area contributed by atoms with E-state index in [9.17, 15) is 4.39 Å². The Balaban J connectivity index is 1.13. The summed E-state index contributed by atoms with van der Waals surface area (Å²) in [5.74, 6) is 2.32. The van der Waals surface area contributed by atoms with Gasteiger partial charge in [0.15, 0.2) is 0 Å². The predicted octanol–water partition coefficient (Wildman–Crippen LogP) is 10.8. The van der Waals surface area contributed by atoms with E-state index in [1.807, 2.05) is 12.1 Å². The highest BCUT2D eigenvalue weighted by atomic mass is 19.1. The van der Waals surface area contributed by atoms with E-state index in [2.05, 4.69) is 6.92 Å². The Hall–Kier alpha value is -1.77. The zero-order valence-corrected chi connectivity index (χ0v) is 22.7. The maximum atomic E-state index is 15.3. The van der Waals surface area contributed by atoms with Gasteiger partial charge in [-0.25, -0.2) is 13.2 Å². The Kier molecular flexibility index (Phi) is 8.98. The number of rotatable bonds is 7. The van der Waals surface area contributed by atoms with Crippen LogP contribution in [-0.4, -0.2) is 0 Å². The van der Waals surface area contributed by atoms with Crippen molar-refractivity contribution in [2.75, 3.05) is 0 Å². The minimum Gasteiger partial charge on any atom is -0.207 e. The lowest BCUT2D eigenvalue weighted by molar-refractivity contribution is 0.175. The Morgan fingerprint density at radius 1 is 0.595 bits per heavy atom. The fourth-order valence-electron chi connectivity index (χ4n) is 8.05.